The van der Waals surface area contributed by atoms with Crippen LogP contribution in [0.3, 0.4) is 0 Å². The molecular weight excluding hydrogens is 524 g/mol. The summed E-state index contributed by atoms with van der Waals surface area (Å²) < 4.78 is 2.33. The van der Waals surface area contributed by atoms with Crippen molar-refractivity contribution in [3.63, 3.8) is 0 Å². The maximum Gasteiger partial charge on any atom is 0.157 e. The molecule has 0 atom stereocenters. The van der Waals surface area contributed by atoms with Crippen LogP contribution in [0.2, 0.25) is 0 Å². The zero-order valence-corrected chi connectivity index (χ0v) is 23.6. The fourth-order valence-electron chi connectivity index (χ4n) is 5.57. The second-order valence-electron chi connectivity index (χ2n) is 10.5. The van der Waals surface area contributed by atoms with Crippen molar-refractivity contribution in [2.24, 2.45) is 15.7 Å². The molecule has 0 saturated carbocycles. The molecule has 0 fully saturated rings. The smallest absolute Gasteiger partial charge is 0.157 e. The van der Waals surface area contributed by atoms with Crippen LogP contribution in [0.15, 0.2) is 168 Å². The number of hydrogen-bond donors (Lipinski definition) is 1. The Morgan fingerprint density at radius 3 is 1.79 bits per heavy atom. The lowest BCUT2D eigenvalue weighted by atomic mass is 10.0. The van der Waals surface area contributed by atoms with E-state index < -0.39 is 0 Å². The van der Waals surface area contributed by atoms with Crippen molar-refractivity contribution in [1.29, 1.82) is 0 Å². The van der Waals surface area contributed by atoms with Crippen molar-refractivity contribution in [3.8, 4) is 16.8 Å². The molecule has 0 unspecified atom stereocenters. The van der Waals surface area contributed by atoms with Crippen LogP contribution < -0.4 is 5.73 Å². The molecule has 0 aliphatic rings. The topological polar surface area (TPSA) is 55.7 Å². The molecule has 206 valence electrons. The third-order valence-corrected chi connectivity index (χ3v) is 7.71. The first-order valence-electron chi connectivity index (χ1n) is 14.4. The third kappa shape index (κ3) is 5.34. The molecule has 0 amide bonds. The minimum atomic E-state index is 0.438. The van der Waals surface area contributed by atoms with E-state index in [1.807, 2.05) is 54.6 Å². The van der Waals surface area contributed by atoms with Gasteiger partial charge in [-0.05, 0) is 47.0 Å². The van der Waals surface area contributed by atoms with E-state index in [-0.39, 0.29) is 0 Å². The van der Waals surface area contributed by atoms with Gasteiger partial charge in [0.05, 0.1) is 17.6 Å². The highest BCUT2D eigenvalue weighted by atomic mass is 15.0. The molecule has 0 aliphatic carbocycles. The normalized spacial score (nSPS) is 12.2. The van der Waals surface area contributed by atoms with Gasteiger partial charge in [-0.15, -0.1) is 0 Å². The van der Waals surface area contributed by atoms with Crippen LogP contribution in [0.1, 0.15) is 16.7 Å². The van der Waals surface area contributed by atoms with Crippen LogP contribution in [0.25, 0.3) is 38.6 Å². The molecule has 0 aliphatic heterocycles. The Morgan fingerprint density at radius 2 is 1.12 bits per heavy atom. The molecule has 4 heteroatoms. The standard InChI is InChI=1S/C39H30N4/c40-38(30-14-5-2-6-15-30)42-39(41-27-28-12-3-1-4-13-28)32-17-11-16-31(26-32)29-22-24-33(25-23-29)43-36-20-9-7-18-34(36)35-19-8-10-21-37(35)43/h1-26H,27H2,(H2,40,41,42). The molecule has 7 rings (SSSR count). The van der Waals surface area contributed by atoms with Crippen molar-refractivity contribution in [1.82, 2.24) is 4.57 Å². The fourth-order valence-corrected chi connectivity index (χ4v) is 5.57. The molecule has 0 spiro atoms. The van der Waals surface area contributed by atoms with Crippen molar-refractivity contribution in [3.05, 3.63) is 174 Å². The molecule has 0 saturated heterocycles. The molecule has 7 aromatic rings. The van der Waals surface area contributed by atoms with E-state index in [1.54, 1.807) is 0 Å². The number of nitrogens with two attached hydrogens (primary N) is 1. The van der Waals surface area contributed by atoms with Gasteiger partial charge in [0, 0.05) is 27.6 Å². The van der Waals surface area contributed by atoms with Gasteiger partial charge < -0.3 is 10.3 Å². The summed E-state index contributed by atoms with van der Waals surface area (Å²) in [4.78, 5) is 9.73. The summed E-state index contributed by atoms with van der Waals surface area (Å²) in [7, 11) is 0. The first-order chi connectivity index (χ1) is 21.2. The number of aliphatic imine (C=N–C) groups is 2. The molecule has 0 radical (unpaired) electrons. The predicted octanol–water partition coefficient (Wildman–Crippen LogP) is 8.80. The quantitative estimate of drug-likeness (QED) is 0.162. The predicted molar refractivity (Wildman–Crippen MR) is 180 cm³/mol. The zero-order valence-electron chi connectivity index (χ0n) is 23.6. The molecule has 6 aromatic carbocycles. The Kier molecular flexibility index (Phi) is 7.08. The minimum absolute atomic E-state index is 0.438. The summed E-state index contributed by atoms with van der Waals surface area (Å²) in [5.41, 5.74) is 15.1. The molecule has 2 N–H and O–H groups in total. The maximum atomic E-state index is 6.46. The summed E-state index contributed by atoms with van der Waals surface area (Å²) in [5, 5.41) is 2.51. The fraction of sp³-hybridized carbons (Fsp3) is 0.0256. The van der Waals surface area contributed by atoms with Gasteiger partial charge in [-0.25, -0.2) is 4.99 Å². The maximum absolute atomic E-state index is 6.46. The van der Waals surface area contributed by atoms with Crippen molar-refractivity contribution < 1.29 is 0 Å². The van der Waals surface area contributed by atoms with E-state index in [4.69, 9.17) is 15.7 Å². The molecule has 1 heterocycles. The minimum Gasteiger partial charge on any atom is -0.383 e. The highest BCUT2D eigenvalue weighted by Crippen LogP contribution is 2.32. The van der Waals surface area contributed by atoms with Crippen LogP contribution in [-0.2, 0) is 6.54 Å². The van der Waals surface area contributed by atoms with E-state index >= 15 is 0 Å². The lowest BCUT2D eigenvalue weighted by Crippen LogP contribution is -2.16. The van der Waals surface area contributed by atoms with Crippen LogP contribution in [0.4, 0.5) is 0 Å². The number of nitrogens with zero attached hydrogens (tertiary/aromatic N) is 3. The Bertz CT molecular complexity index is 2030. The Balaban J connectivity index is 1.25. The van der Waals surface area contributed by atoms with Gasteiger partial charge in [-0.1, -0.05) is 127 Å². The van der Waals surface area contributed by atoms with Crippen molar-refractivity contribution >= 4 is 33.5 Å². The van der Waals surface area contributed by atoms with E-state index in [0.717, 1.165) is 33.5 Å². The number of hydrogen-bond acceptors (Lipinski definition) is 1. The second-order valence-corrected chi connectivity index (χ2v) is 10.5. The molecular formula is C39H30N4. The van der Waals surface area contributed by atoms with Gasteiger partial charge in [0.2, 0.25) is 0 Å². The molecule has 1 aromatic heterocycles. The van der Waals surface area contributed by atoms with Crippen LogP contribution >= 0.6 is 0 Å². The SMILES string of the molecule is NC(=NC(=NCc1ccccc1)c1cccc(-c2ccc(-n3c4ccccc4c4ccccc43)cc2)c1)c1ccccc1. The summed E-state index contributed by atoms with van der Waals surface area (Å²) in [5.74, 6) is 1.04. The van der Waals surface area contributed by atoms with Gasteiger partial charge >= 0.3 is 0 Å². The molecule has 4 nitrogen and oxygen atoms in total. The third-order valence-electron chi connectivity index (χ3n) is 7.71. The van der Waals surface area contributed by atoms with Crippen LogP contribution in [0.5, 0.6) is 0 Å². The van der Waals surface area contributed by atoms with Crippen molar-refractivity contribution in [2.75, 3.05) is 0 Å². The van der Waals surface area contributed by atoms with Gasteiger partial charge in [0.1, 0.15) is 5.84 Å². The lowest BCUT2D eigenvalue weighted by Gasteiger charge is -2.11. The molecule has 0 bridgehead atoms. The number of aromatic nitrogens is 1. The summed E-state index contributed by atoms with van der Waals surface area (Å²) in [6.45, 7) is 0.513. The number of fused-ring (bicyclic) bond motifs is 3. The monoisotopic (exact) mass is 554 g/mol. The Hall–Kier alpha value is -5.74. The van der Waals surface area contributed by atoms with Gasteiger partial charge in [0.15, 0.2) is 5.84 Å². The van der Waals surface area contributed by atoms with E-state index in [9.17, 15) is 0 Å². The largest absolute Gasteiger partial charge is 0.383 e. The first kappa shape index (κ1) is 26.2. The van der Waals surface area contributed by atoms with E-state index in [2.05, 4.69) is 108 Å². The summed E-state index contributed by atoms with van der Waals surface area (Å²) >= 11 is 0. The average Bonchev–Trinajstić information content (AvgIpc) is 3.42. The van der Waals surface area contributed by atoms with Gasteiger partial charge in [-0.2, -0.15) is 0 Å². The van der Waals surface area contributed by atoms with Crippen LogP contribution in [-0.4, -0.2) is 16.2 Å². The second kappa shape index (κ2) is 11.6. The van der Waals surface area contributed by atoms with Crippen LogP contribution in [0, 0.1) is 0 Å². The highest BCUT2D eigenvalue weighted by molar-refractivity contribution is 6.11. The Labute approximate surface area is 251 Å². The number of amidine groups is 2. The van der Waals surface area contributed by atoms with Gasteiger partial charge in [0.25, 0.3) is 0 Å². The highest BCUT2D eigenvalue weighted by Gasteiger charge is 2.12. The number of benzene rings is 6. The molecule has 43 heavy (non-hydrogen) atoms. The first-order valence-corrected chi connectivity index (χ1v) is 14.4. The number of para-hydroxylation sites is 2. The van der Waals surface area contributed by atoms with E-state index in [1.165, 1.54) is 21.8 Å². The Morgan fingerprint density at radius 1 is 0.535 bits per heavy atom. The summed E-state index contributed by atoms with van der Waals surface area (Å²) in [6.07, 6.45) is 0. The summed E-state index contributed by atoms with van der Waals surface area (Å²) in [6, 6.07) is 54.3. The average molecular weight is 555 g/mol. The number of rotatable bonds is 6. The van der Waals surface area contributed by atoms with Gasteiger partial charge in [-0.3, -0.25) is 4.99 Å². The zero-order chi connectivity index (χ0) is 29.0. The van der Waals surface area contributed by atoms with Crippen molar-refractivity contribution in [2.45, 2.75) is 6.54 Å². The van der Waals surface area contributed by atoms with E-state index in [0.29, 0.717) is 18.2 Å². The lowest BCUT2D eigenvalue weighted by molar-refractivity contribution is 1.06.